The highest BCUT2D eigenvalue weighted by Gasteiger charge is 2.23. The van der Waals surface area contributed by atoms with Gasteiger partial charge in [-0.1, -0.05) is 47.5 Å². The third-order valence-corrected chi connectivity index (χ3v) is 4.87. The summed E-state index contributed by atoms with van der Waals surface area (Å²) in [5.41, 5.74) is -0.991. The van der Waals surface area contributed by atoms with E-state index in [1.807, 2.05) is 0 Å². The van der Waals surface area contributed by atoms with Gasteiger partial charge in [-0.15, -0.1) is 0 Å². The topological polar surface area (TPSA) is 120 Å². The summed E-state index contributed by atoms with van der Waals surface area (Å²) in [6.07, 6.45) is 0. The number of carbonyl (C=O) groups excluding carboxylic acids is 2. The van der Waals surface area contributed by atoms with Crippen LogP contribution in [0.4, 0.5) is 11.4 Å². The number of hydrogen-bond donors (Lipinski definition) is 0. The second kappa shape index (κ2) is 8.40. The number of nitro benzene ring substituents is 2. The van der Waals surface area contributed by atoms with Gasteiger partial charge in [0.1, 0.15) is 10.0 Å². The van der Waals surface area contributed by atoms with Gasteiger partial charge in [-0.05, 0) is 24.3 Å². The van der Waals surface area contributed by atoms with Crippen LogP contribution in [-0.2, 0) is 0 Å². The third-order valence-electron chi connectivity index (χ3n) is 4.23. The third kappa shape index (κ3) is 4.05. The normalized spacial score (nSPS) is 10.5. The average molecular weight is 445 g/mol. The predicted octanol–water partition coefficient (Wildman–Crippen LogP) is 5.27. The van der Waals surface area contributed by atoms with E-state index in [0.717, 1.165) is 12.1 Å². The van der Waals surface area contributed by atoms with Crippen molar-refractivity contribution in [2.75, 3.05) is 0 Å². The van der Waals surface area contributed by atoms with Crippen LogP contribution in [0, 0.1) is 20.2 Å². The van der Waals surface area contributed by atoms with Crippen molar-refractivity contribution in [2.24, 2.45) is 0 Å². The monoisotopic (exact) mass is 444 g/mol. The van der Waals surface area contributed by atoms with Crippen molar-refractivity contribution >= 4 is 46.1 Å². The van der Waals surface area contributed by atoms with Crippen molar-refractivity contribution in [3.8, 4) is 0 Å². The largest absolute Gasteiger partial charge is 0.289 e. The number of benzene rings is 3. The minimum atomic E-state index is -0.719. The molecule has 0 N–H and O–H groups in total. The number of rotatable bonds is 6. The summed E-state index contributed by atoms with van der Waals surface area (Å²) in [5, 5.41) is 21.9. The molecule has 30 heavy (non-hydrogen) atoms. The fourth-order valence-corrected chi connectivity index (χ4v) is 3.15. The Morgan fingerprint density at radius 2 is 1.03 bits per heavy atom. The molecule has 0 amide bonds. The molecule has 0 spiro atoms. The Morgan fingerprint density at radius 3 is 1.37 bits per heavy atom. The lowest BCUT2D eigenvalue weighted by Gasteiger charge is -2.09. The van der Waals surface area contributed by atoms with Crippen LogP contribution in [0.3, 0.4) is 0 Å². The van der Waals surface area contributed by atoms with E-state index >= 15 is 0 Å². The van der Waals surface area contributed by atoms with E-state index in [0.29, 0.717) is 0 Å². The highest BCUT2D eigenvalue weighted by molar-refractivity contribution is 6.33. The molecule has 0 aliphatic carbocycles. The van der Waals surface area contributed by atoms with Gasteiger partial charge in [0.2, 0.25) is 0 Å². The first-order chi connectivity index (χ1) is 14.2. The second-order valence-electron chi connectivity index (χ2n) is 6.05. The summed E-state index contributed by atoms with van der Waals surface area (Å²) in [6.45, 7) is 0. The average Bonchev–Trinajstić information content (AvgIpc) is 2.73. The van der Waals surface area contributed by atoms with Gasteiger partial charge in [0.25, 0.3) is 11.4 Å². The van der Waals surface area contributed by atoms with E-state index in [1.54, 1.807) is 0 Å². The van der Waals surface area contributed by atoms with Crippen LogP contribution < -0.4 is 0 Å². The van der Waals surface area contributed by atoms with Crippen molar-refractivity contribution in [1.82, 2.24) is 0 Å². The number of hydrogen-bond acceptors (Lipinski definition) is 6. The lowest BCUT2D eigenvalue weighted by atomic mass is 9.93. The number of ketones is 2. The summed E-state index contributed by atoms with van der Waals surface area (Å²) >= 11 is 11.6. The Balaban J connectivity index is 2.07. The maximum atomic E-state index is 13.0. The molecule has 0 fully saturated rings. The molecule has 3 rings (SSSR count). The standard InChI is InChI=1S/C20H10Cl2N2O6/c21-15-7-5-11(9-17(15)23(27)28)19(25)13-3-1-2-4-14(13)20(26)12-6-8-16(22)18(10-12)24(29)30/h1-10H. The maximum absolute atomic E-state index is 13.0. The molecular weight excluding hydrogens is 435 g/mol. The first kappa shape index (κ1) is 21.1. The van der Waals surface area contributed by atoms with Gasteiger partial charge in [0.15, 0.2) is 11.6 Å². The quantitative estimate of drug-likeness (QED) is 0.290. The number of nitro groups is 2. The molecule has 0 bridgehead atoms. The second-order valence-corrected chi connectivity index (χ2v) is 6.86. The van der Waals surface area contributed by atoms with E-state index in [2.05, 4.69) is 0 Å². The van der Waals surface area contributed by atoms with Gasteiger partial charge >= 0.3 is 0 Å². The van der Waals surface area contributed by atoms with Crippen LogP contribution in [0.2, 0.25) is 10.0 Å². The molecule has 0 aliphatic heterocycles. The summed E-state index contributed by atoms with van der Waals surface area (Å²) in [7, 11) is 0. The Labute approximate surface area is 179 Å². The molecule has 10 heteroatoms. The van der Waals surface area contributed by atoms with E-state index in [4.69, 9.17) is 23.2 Å². The van der Waals surface area contributed by atoms with Gasteiger partial charge in [-0.3, -0.25) is 29.8 Å². The Hall–Kier alpha value is -3.62. The smallest absolute Gasteiger partial charge is 0.288 e. The van der Waals surface area contributed by atoms with Crippen LogP contribution >= 0.6 is 23.2 Å². The predicted molar refractivity (Wildman–Crippen MR) is 110 cm³/mol. The zero-order valence-corrected chi connectivity index (χ0v) is 16.4. The lowest BCUT2D eigenvalue weighted by Crippen LogP contribution is -2.11. The number of nitrogens with zero attached hydrogens (tertiary/aromatic N) is 2. The maximum Gasteiger partial charge on any atom is 0.288 e. The van der Waals surface area contributed by atoms with E-state index in [1.165, 1.54) is 48.5 Å². The first-order valence-electron chi connectivity index (χ1n) is 8.27. The van der Waals surface area contributed by atoms with Crippen molar-refractivity contribution < 1.29 is 19.4 Å². The van der Waals surface area contributed by atoms with Crippen molar-refractivity contribution in [3.05, 3.63) is 113 Å². The summed E-state index contributed by atoms with van der Waals surface area (Å²) < 4.78 is 0. The Morgan fingerprint density at radius 1 is 0.667 bits per heavy atom. The van der Waals surface area contributed by atoms with Crippen LogP contribution in [0.5, 0.6) is 0 Å². The lowest BCUT2D eigenvalue weighted by molar-refractivity contribution is -0.384. The van der Waals surface area contributed by atoms with E-state index in [9.17, 15) is 29.8 Å². The number of carbonyl (C=O) groups is 2. The van der Waals surface area contributed by atoms with E-state index < -0.39 is 32.8 Å². The molecule has 0 aromatic heterocycles. The molecule has 0 saturated heterocycles. The van der Waals surface area contributed by atoms with Gasteiger partial charge in [0.05, 0.1) is 9.85 Å². The van der Waals surface area contributed by atoms with Gasteiger partial charge in [-0.25, -0.2) is 0 Å². The Bertz CT molecular complexity index is 1130. The van der Waals surface area contributed by atoms with Gasteiger partial charge in [0, 0.05) is 34.4 Å². The fourth-order valence-electron chi connectivity index (χ4n) is 2.78. The van der Waals surface area contributed by atoms with Crippen LogP contribution in [0.1, 0.15) is 31.8 Å². The van der Waals surface area contributed by atoms with Crippen LogP contribution in [0.15, 0.2) is 60.7 Å². The molecule has 0 unspecified atom stereocenters. The molecule has 0 atom stereocenters. The molecular formula is C20H10Cl2N2O6. The number of halogens is 2. The summed E-state index contributed by atoms with van der Waals surface area (Å²) in [5.74, 6) is -1.27. The SMILES string of the molecule is O=C(c1ccc(Cl)c([N+](=O)[O-])c1)c1ccccc1C(=O)c1ccc(Cl)c([N+](=O)[O-])c1. The minimum Gasteiger partial charge on any atom is -0.289 e. The van der Waals surface area contributed by atoms with Gasteiger partial charge < -0.3 is 0 Å². The summed E-state index contributed by atoms with van der Waals surface area (Å²) in [4.78, 5) is 46.7. The van der Waals surface area contributed by atoms with Crippen LogP contribution in [0.25, 0.3) is 0 Å². The minimum absolute atomic E-state index is 0.0169. The highest BCUT2D eigenvalue weighted by atomic mass is 35.5. The van der Waals surface area contributed by atoms with Crippen LogP contribution in [-0.4, -0.2) is 21.4 Å². The molecule has 0 aliphatic rings. The fraction of sp³-hybridized carbons (Fsp3) is 0. The zero-order chi connectivity index (χ0) is 22.0. The Kier molecular flexibility index (Phi) is 5.91. The van der Waals surface area contributed by atoms with Gasteiger partial charge in [-0.2, -0.15) is 0 Å². The van der Waals surface area contributed by atoms with Crippen molar-refractivity contribution in [2.45, 2.75) is 0 Å². The first-order valence-corrected chi connectivity index (χ1v) is 9.02. The molecule has 150 valence electrons. The molecule has 3 aromatic carbocycles. The molecule has 3 aromatic rings. The van der Waals surface area contributed by atoms with Crippen molar-refractivity contribution in [3.63, 3.8) is 0 Å². The van der Waals surface area contributed by atoms with Crippen molar-refractivity contribution in [1.29, 1.82) is 0 Å². The molecule has 0 saturated carbocycles. The zero-order valence-electron chi connectivity index (χ0n) is 14.9. The van der Waals surface area contributed by atoms with E-state index in [-0.39, 0.29) is 32.3 Å². The molecule has 0 heterocycles. The highest BCUT2D eigenvalue weighted by Crippen LogP contribution is 2.29. The molecule has 8 nitrogen and oxygen atoms in total. The molecule has 0 radical (unpaired) electrons. The summed E-state index contributed by atoms with van der Waals surface area (Å²) in [6, 6.07) is 13.0.